The molecule has 30 heavy (non-hydrogen) atoms. The van der Waals surface area contributed by atoms with Gasteiger partial charge in [0.25, 0.3) is 0 Å². The van der Waals surface area contributed by atoms with Crippen molar-refractivity contribution in [3.05, 3.63) is 47.2 Å². The molecule has 1 aliphatic heterocycles. The van der Waals surface area contributed by atoms with Gasteiger partial charge in [-0.1, -0.05) is 17.7 Å². The number of alkyl halides is 3. The molecule has 1 atom stereocenters. The van der Waals surface area contributed by atoms with E-state index in [1.807, 2.05) is 6.07 Å². The van der Waals surface area contributed by atoms with E-state index >= 15 is 0 Å². The lowest BCUT2D eigenvalue weighted by atomic mass is 10.2. The number of halogens is 4. The van der Waals surface area contributed by atoms with Gasteiger partial charge in [0.05, 0.1) is 5.02 Å². The number of anilines is 1. The van der Waals surface area contributed by atoms with E-state index in [1.54, 1.807) is 25.4 Å². The summed E-state index contributed by atoms with van der Waals surface area (Å²) in [7, 11) is 1.67. The minimum atomic E-state index is -4.39. The highest BCUT2D eigenvalue weighted by Crippen LogP contribution is 2.25. The Kier molecular flexibility index (Phi) is 7.20. The number of guanidine groups is 1. The highest BCUT2D eigenvalue weighted by molar-refractivity contribution is 6.32. The molecule has 0 aromatic carbocycles. The molecule has 7 nitrogen and oxygen atoms in total. The third-order valence-corrected chi connectivity index (χ3v) is 4.73. The van der Waals surface area contributed by atoms with Crippen molar-refractivity contribution >= 4 is 23.4 Å². The Labute approximate surface area is 177 Å². The molecule has 11 heteroatoms. The minimum Gasteiger partial charge on any atom is -0.468 e. The molecule has 1 aliphatic rings. The minimum absolute atomic E-state index is 0.0715. The monoisotopic (exact) mass is 442 g/mol. The van der Waals surface area contributed by atoms with Gasteiger partial charge in [0.15, 0.2) is 12.6 Å². The average molecular weight is 443 g/mol. The van der Waals surface area contributed by atoms with Crippen LogP contribution >= 0.6 is 11.6 Å². The summed E-state index contributed by atoms with van der Waals surface area (Å²) in [6.07, 6.45) is -0.305. The zero-order chi connectivity index (χ0) is 21.6. The van der Waals surface area contributed by atoms with E-state index in [0.29, 0.717) is 17.5 Å². The Balaban J connectivity index is 1.47. The number of aromatic nitrogens is 2. The third-order valence-electron chi connectivity index (χ3n) is 4.43. The first-order chi connectivity index (χ1) is 14.3. The molecule has 1 saturated heterocycles. The highest BCUT2D eigenvalue weighted by atomic mass is 35.5. The van der Waals surface area contributed by atoms with Crippen molar-refractivity contribution in [3.63, 3.8) is 0 Å². The van der Waals surface area contributed by atoms with Crippen molar-refractivity contribution in [3.8, 4) is 5.88 Å². The summed E-state index contributed by atoms with van der Waals surface area (Å²) in [5.41, 5.74) is 0.783. The van der Waals surface area contributed by atoms with Gasteiger partial charge in [-0.2, -0.15) is 13.2 Å². The Morgan fingerprint density at radius 1 is 1.33 bits per heavy atom. The molecule has 2 aromatic heterocycles. The average Bonchev–Trinajstić information content (AvgIpc) is 3.18. The van der Waals surface area contributed by atoms with E-state index in [-0.39, 0.29) is 11.9 Å². The number of hydrogen-bond acceptors (Lipinski definition) is 5. The first kappa shape index (κ1) is 21.9. The van der Waals surface area contributed by atoms with Crippen LogP contribution in [-0.4, -0.2) is 54.9 Å². The largest absolute Gasteiger partial charge is 0.468 e. The number of nitrogens with one attached hydrogen (secondary N) is 2. The van der Waals surface area contributed by atoms with Crippen molar-refractivity contribution in [2.45, 2.75) is 25.2 Å². The molecule has 0 bridgehead atoms. The van der Waals surface area contributed by atoms with Gasteiger partial charge in [-0.15, -0.1) is 0 Å². The first-order valence-corrected chi connectivity index (χ1v) is 9.69. The molecule has 1 unspecified atom stereocenters. The maximum absolute atomic E-state index is 12.2. The maximum atomic E-state index is 12.2. The number of nitrogens with zero attached hydrogens (tertiary/aromatic N) is 4. The van der Waals surface area contributed by atoms with E-state index in [9.17, 15) is 13.2 Å². The van der Waals surface area contributed by atoms with Crippen LogP contribution in [0.5, 0.6) is 5.88 Å². The Morgan fingerprint density at radius 3 is 2.83 bits per heavy atom. The quantitative estimate of drug-likeness (QED) is 0.529. The zero-order valence-corrected chi connectivity index (χ0v) is 17.0. The molecule has 2 N–H and O–H groups in total. The summed E-state index contributed by atoms with van der Waals surface area (Å²) in [6.45, 7) is 0.615. The predicted molar refractivity (Wildman–Crippen MR) is 109 cm³/mol. The topological polar surface area (TPSA) is 74.7 Å². The van der Waals surface area contributed by atoms with Crippen LogP contribution in [0.2, 0.25) is 5.02 Å². The van der Waals surface area contributed by atoms with E-state index in [0.717, 1.165) is 30.9 Å². The van der Waals surface area contributed by atoms with Gasteiger partial charge in [-0.05, 0) is 24.1 Å². The zero-order valence-electron chi connectivity index (χ0n) is 16.3. The highest BCUT2D eigenvalue weighted by Gasteiger charge is 2.28. The van der Waals surface area contributed by atoms with Crippen LogP contribution in [0.1, 0.15) is 12.0 Å². The number of hydrogen-bond donors (Lipinski definition) is 2. The number of ether oxygens (including phenoxy) is 1. The lowest BCUT2D eigenvalue weighted by Crippen LogP contribution is -2.44. The van der Waals surface area contributed by atoms with E-state index in [4.69, 9.17) is 11.6 Å². The molecule has 0 radical (unpaired) electrons. The fourth-order valence-electron chi connectivity index (χ4n) is 3.01. The van der Waals surface area contributed by atoms with E-state index in [2.05, 4.69) is 35.2 Å². The van der Waals surface area contributed by atoms with Crippen LogP contribution < -0.4 is 20.3 Å². The van der Waals surface area contributed by atoms with Crippen molar-refractivity contribution in [2.24, 2.45) is 4.99 Å². The fourth-order valence-corrected chi connectivity index (χ4v) is 3.25. The smallest absolute Gasteiger partial charge is 0.422 e. The second-order valence-corrected chi connectivity index (χ2v) is 7.13. The summed E-state index contributed by atoms with van der Waals surface area (Å²) >= 11 is 6.22. The summed E-state index contributed by atoms with van der Waals surface area (Å²) in [4.78, 5) is 14.6. The Morgan fingerprint density at radius 2 is 2.17 bits per heavy atom. The summed E-state index contributed by atoms with van der Waals surface area (Å²) < 4.78 is 41.1. The molecule has 162 valence electrons. The number of rotatable bonds is 6. The molecule has 0 spiro atoms. The van der Waals surface area contributed by atoms with Crippen LogP contribution in [0.4, 0.5) is 19.0 Å². The Bertz CT molecular complexity index is 862. The van der Waals surface area contributed by atoms with Gasteiger partial charge in [-0.25, -0.2) is 9.97 Å². The van der Waals surface area contributed by atoms with Gasteiger partial charge in [0.2, 0.25) is 5.88 Å². The van der Waals surface area contributed by atoms with Gasteiger partial charge >= 0.3 is 6.18 Å². The molecule has 0 saturated carbocycles. The van der Waals surface area contributed by atoms with Crippen molar-refractivity contribution in [1.82, 2.24) is 20.6 Å². The fraction of sp³-hybridized carbons (Fsp3) is 0.421. The van der Waals surface area contributed by atoms with Crippen LogP contribution in [0, 0.1) is 0 Å². The molecule has 0 aliphatic carbocycles. The summed E-state index contributed by atoms with van der Waals surface area (Å²) in [6, 6.07) is 6.85. The lowest BCUT2D eigenvalue weighted by molar-refractivity contribution is -0.154. The second kappa shape index (κ2) is 9.84. The first-order valence-electron chi connectivity index (χ1n) is 9.31. The third kappa shape index (κ3) is 6.38. The Hall–Kier alpha value is -2.75. The maximum Gasteiger partial charge on any atom is 0.422 e. The van der Waals surface area contributed by atoms with Crippen molar-refractivity contribution < 1.29 is 17.9 Å². The summed E-state index contributed by atoms with van der Waals surface area (Å²) in [5.74, 6) is 1.31. The molecule has 3 rings (SSSR count). The molecular formula is C19H22ClF3N6O. The van der Waals surface area contributed by atoms with Crippen LogP contribution in [-0.2, 0) is 6.54 Å². The second-order valence-electron chi connectivity index (χ2n) is 6.72. The van der Waals surface area contributed by atoms with Gasteiger partial charge < -0.3 is 20.3 Å². The standard InChI is InChI=1S/C19H22ClF3N6O/c1-24-18(27-10-13-4-5-16(26-9-13)30-12-19(21,22)23)28-14-6-8-29(11-14)17-15(20)3-2-7-25-17/h2-5,7,9,14H,6,8,10-12H2,1H3,(H2,24,27,28). The van der Waals surface area contributed by atoms with Crippen LogP contribution in [0.25, 0.3) is 0 Å². The number of pyridine rings is 2. The van der Waals surface area contributed by atoms with Gasteiger partial charge in [-0.3, -0.25) is 4.99 Å². The molecule has 0 amide bonds. The molecule has 1 fully saturated rings. The van der Waals surface area contributed by atoms with Gasteiger partial charge in [0, 0.05) is 51.2 Å². The lowest BCUT2D eigenvalue weighted by Gasteiger charge is -2.20. The van der Waals surface area contributed by atoms with E-state index in [1.165, 1.54) is 12.3 Å². The van der Waals surface area contributed by atoms with Crippen molar-refractivity contribution in [2.75, 3.05) is 31.6 Å². The normalized spacial score (nSPS) is 17.2. The molecular weight excluding hydrogens is 421 g/mol. The van der Waals surface area contributed by atoms with Crippen LogP contribution in [0.3, 0.4) is 0 Å². The van der Waals surface area contributed by atoms with Crippen LogP contribution in [0.15, 0.2) is 41.7 Å². The van der Waals surface area contributed by atoms with E-state index < -0.39 is 12.8 Å². The number of aliphatic imine (C=N–C) groups is 1. The molecule has 3 heterocycles. The van der Waals surface area contributed by atoms with Gasteiger partial charge in [0.1, 0.15) is 5.82 Å². The molecule has 2 aromatic rings. The summed E-state index contributed by atoms with van der Waals surface area (Å²) in [5, 5.41) is 7.15. The van der Waals surface area contributed by atoms with Crippen molar-refractivity contribution in [1.29, 1.82) is 0 Å². The SMILES string of the molecule is CN=C(NCc1ccc(OCC(F)(F)F)nc1)NC1CCN(c2ncccc2Cl)C1. The predicted octanol–water partition coefficient (Wildman–Crippen LogP) is 3.02.